The van der Waals surface area contributed by atoms with Crippen molar-refractivity contribution >= 4 is 40.8 Å². The number of methoxy groups -OCH3 is 1. The fourth-order valence-electron chi connectivity index (χ4n) is 5.95. The first-order valence-electron chi connectivity index (χ1n) is 14.4. The number of aryl methyl sites for hydroxylation is 1. The number of rotatable bonds is 9. The molecule has 2 amide bonds. The van der Waals surface area contributed by atoms with Crippen molar-refractivity contribution in [2.24, 2.45) is 4.99 Å². The zero-order chi connectivity index (χ0) is 32.5. The van der Waals surface area contributed by atoms with Gasteiger partial charge in [0.1, 0.15) is 11.9 Å². The SMILES string of the molecule is COC(=O)C1=C(CN2CCN3C(=O)N(c4ccc(CCC(=O)O)c(F)c4)C[C@@H]3C2)NC(c2nccs2)=N[C@H]1c1ccc(F)c(F)c1. The average Bonchev–Trinajstić information content (AvgIpc) is 3.69. The van der Waals surface area contributed by atoms with Crippen LogP contribution >= 0.6 is 11.3 Å². The van der Waals surface area contributed by atoms with E-state index in [-0.39, 0.29) is 48.2 Å². The van der Waals surface area contributed by atoms with Crippen LogP contribution in [0.5, 0.6) is 0 Å². The number of piperazine rings is 1. The zero-order valence-electron chi connectivity index (χ0n) is 24.6. The molecule has 3 aromatic rings. The van der Waals surface area contributed by atoms with Gasteiger partial charge in [-0.1, -0.05) is 12.1 Å². The van der Waals surface area contributed by atoms with Gasteiger partial charge in [-0.3, -0.25) is 19.6 Å². The molecule has 0 bridgehead atoms. The number of carbonyl (C=O) groups is 3. The Morgan fingerprint density at radius 1 is 1.09 bits per heavy atom. The highest BCUT2D eigenvalue weighted by Crippen LogP contribution is 2.34. The normalized spacial score (nSPS) is 20.0. The van der Waals surface area contributed by atoms with Gasteiger partial charge in [0.2, 0.25) is 0 Å². The number of aliphatic carboxylic acids is 1. The number of benzene rings is 2. The molecule has 3 aliphatic heterocycles. The van der Waals surface area contributed by atoms with Crippen molar-refractivity contribution in [1.82, 2.24) is 20.1 Å². The number of thiazole rings is 1. The number of halogens is 3. The Morgan fingerprint density at radius 2 is 1.91 bits per heavy atom. The number of ether oxygens (including phenoxy) is 1. The first-order valence-corrected chi connectivity index (χ1v) is 15.3. The summed E-state index contributed by atoms with van der Waals surface area (Å²) in [6.45, 7) is 1.78. The molecule has 0 saturated carbocycles. The number of carboxylic acid groups (broad SMARTS) is 1. The number of hydrogen-bond donors (Lipinski definition) is 2. The molecular formula is C31H29F3N6O5S. The summed E-state index contributed by atoms with van der Waals surface area (Å²) in [5.74, 6) is -4.02. The van der Waals surface area contributed by atoms with Gasteiger partial charge in [0.05, 0.1) is 18.7 Å². The van der Waals surface area contributed by atoms with Gasteiger partial charge in [-0.25, -0.2) is 27.7 Å². The number of amidine groups is 1. The van der Waals surface area contributed by atoms with Crippen LogP contribution in [-0.4, -0.2) is 89.6 Å². The van der Waals surface area contributed by atoms with Crippen LogP contribution in [0.25, 0.3) is 0 Å². The fraction of sp³-hybridized carbons (Fsp3) is 0.323. The smallest absolute Gasteiger partial charge is 0.338 e. The summed E-state index contributed by atoms with van der Waals surface area (Å²) in [6.07, 6.45) is 1.45. The van der Waals surface area contributed by atoms with E-state index in [9.17, 15) is 27.6 Å². The third-order valence-electron chi connectivity index (χ3n) is 8.20. The molecule has 2 N–H and O–H groups in total. The molecule has 0 spiro atoms. The molecule has 2 aromatic carbocycles. The van der Waals surface area contributed by atoms with Gasteiger partial charge in [0.15, 0.2) is 22.5 Å². The lowest BCUT2D eigenvalue weighted by atomic mass is 9.95. The molecule has 0 radical (unpaired) electrons. The Balaban J connectivity index is 1.25. The molecule has 4 heterocycles. The molecule has 2 saturated heterocycles. The molecule has 2 atom stereocenters. The Hall–Kier alpha value is -4.76. The van der Waals surface area contributed by atoms with Crippen LogP contribution in [0.3, 0.4) is 0 Å². The zero-order valence-corrected chi connectivity index (χ0v) is 25.4. The maximum Gasteiger partial charge on any atom is 0.338 e. The van der Waals surface area contributed by atoms with Crippen molar-refractivity contribution in [3.8, 4) is 0 Å². The lowest BCUT2D eigenvalue weighted by Crippen LogP contribution is -2.53. The van der Waals surface area contributed by atoms with E-state index in [4.69, 9.17) is 9.84 Å². The molecule has 0 aliphatic carbocycles. The van der Waals surface area contributed by atoms with Crippen LogP contribution in [0.2, 0.25) is 0 Å². The molecule has 0 unspecified atom stereocenters. The minimum Gasteiger partial charge on any atom is -0.481 e. The van der Waals surface area contributed by atoms with E-state index in [2.05, 4.69) is 20.2 Å². The van der Waals surface area contributed by atoms with E-state index < -0.39 is 35.4 Å². The number of aromatic nitrogens is 1. The predicted octanol–water partition coefficient (Wildman–Crippen LogP) is 3.72. The maximum atomic E-state index is 14.8. The van der Waals surface area contributed by atoms with E-state index in [0.717, 1.165) is 12.1 Å². The van der Waals surface area contributed by atoms with Gasteiger partial charge >= 0.3 is 18.0 Å². The van der Waals surface area contributed by atoms with E-state index >= 15 is 0 Å². The summed E-state index contributed by atoms with van der Waals surface area (Å²) in [5.41, 5.74) is 1.49. The third kappa shape index (κ3) is 6.20. The molecule has 240 valence electrons. The molecular weight excluding hydrogens is 625 g/mol. The number of urea groups is 1. The molecule has 11 nitrogen and oxygen atoms in total. The molecule has 1 aromatic heterocycles. The number of nitrogens with one attached hydrogen (secondary N) is 1. The van der Waals surface area contributed by atoms with Crippen molar-refractivity contribution in [3.05, 3.63) is 92.8 Å². The van der Waals surface area contributed by atoms with Crippen molar-refractivity contribution in [1.29, 1.82) is 0 Å². The second-order valence-corrected chi connectivity index (χ2v) is 11.9. The lowest BCUT2D eigenvalue weighted by molar-refractivity contribution is -0.137. The molecule has 15 heteroatoms. The van der Waals surface area contributed by atoms with Crippen LogP contribution in [-0.2, 0) is 20.7 Å². The monoisotopic (exact) mass is 654 g/mol. The van der Waals surface area contributed by atoms with Crippen LogP contribution in [0.15, 0.2) is 64.2 Å². The van der Waals surface area contributed by atoms with Gasteiger partial charge in [0.25, 0.3) is 0 Å². The van der Waals surface area contributed by atoms with Crippen LogP contribution < -0.4 is 10.2 Å². The van der Waals surface area contributed by atoms with Gasteiger partial charge in [-0.05, 0) is 41.8 Å². The van der Waals surface area contributed by atoms with E-state index in [1.54, 1.807) is 22.5 Å². The second-order valence-electron chi connectivity index (χ2n) is 11.0. The van der Waals surface area contributed by atoms with Crippen molar-refractivity contribution in [2.45, 2.75) is 24.9 Å². The van der Waals surface area contributed by atoms with Crippen LogP contribution in [0.1, 0.15) is 28.6 Å². The number of aliphatic imine (C=N–C) groups is 1. The minimum absolute atomic E-state index is 0.0441. The largest absolute Gasteiger partial charge is 0.481 e. The number of nitrogens with zero attached hydrogens (tertiary/aromatic N) is 5. The molecule has 3 aliphatic rings. The highest BCUT2D eigenvalue weighted by Gasteiger charge is 2.42. The highest BCUT2D eigenvalue weighted by molar-refractivity contribution is 7.11. The standard InChI is InChI=1S/C31H29F3N6O5S/c1-45-30(43)26-24(36-28(29-35-8-11-46-29)37-27(26)18-3-6-21(32)23(34)12-18)16-38-9-10-39-20(14-38)15-40(31(39)44)19-5-2-17(22(33)13-19)4-7-25(41)42/h2-3,5-6,8,11-13,20,27H,4,7,9-10,14-16H2,1H3,(H,36,37)(H,41,42)/t20-,27-/m0/s1. The number of esters is 1. The summed E-state index contributed by atoms with van der Waals surface area (Å²) in [6, 6.07) is 6.23. The predicted molar refractivity (Wildman–Crippen MR) is 162 cm³/mol. The number of amides is 2. The van der Waals surface area contributed by atoms with Gasteiger partial charge in [-0.2, -0.15) is 0 Å². The number of fused-ring (bicyclic) bond motifs is 1. The van der Waals surface area contributed by atoms with Gasteiger partial charge < -0.3 is 20.1 Å². The number of hydrogen-bond acceptors (Lipinski definition) is 9. The lowest BCUT2D eigenvalue weighted by Gasteiger charge is -2.38. The van der Waals surface area contributed by atoms with E-state index in [1.807, 2.05) is 0 Å². The quantitative estimate of drug-likeness (QED) is 0.335. The first-order chi connectivity index (χ1) is 22.1. The van der Waals surface area contributed by atoms with Crippen molar-refractivity contribution in [2.75, 3.05) is 44.7 Å². The first kappa shape index (κ1) is 31.2. The molecule has 6 rings (SSSR count). The minimum atomic E-state index is -1.07. The Morgan fingerprint density at radius 3 is 2.61 bits per heavy atom. The summed E-state index contributed by atoms with van der Waals surface area (Å²) in [7, 11) is 1.23. The third-order valence-corrected chi connectivity index (χ3v) is 8.98. The van der Waals surface area contributed by atoms with Crippen LogP contribution in [0, 0.1) is 17.5 Å². The van der Waals surface area contributed by atoms with E-state index in [1.165, 1.54) is 41.5 Å². The van der Waals surface area contributed by atoms with Gasteiger partial charge in [-0.15, -0.1) is 11.3 Å². The molecule has 2 fully saturated rings. The number of carboxylic acids is 1. The van der Waals surface area contributed by atoms with Crippen molar-refractivity contribution < 1.29 is 37.4 Å². The molecule has 46 heavy (non-hydrogen) atoms. The second kappa shape index (κ2) is 12.9. The maximum absolute atomic E-state index is 14.8. The summed E-state index contributed by atoms with van der Waals surface area (Å²) in [5, 5.41) is 14.4. The Bertz CT molecular complexity index is 1750. The number of carbonyl (C=O) groups excluding carboxylic acids is 2. The Labute approximate surface area is 265 Å². The highest BCUT2D eigenvalue weighted by atomic mass is 32.1. The fourth-order valence-corrected chi connectivity index (χ4v) is 6.53. The summed E-state index contributed by atoms with van der Waals surface area (Å²) in [4.78, 5) is 51.7. The van der Waals surface area contributed by atoms with E-state index in [0.29, 0.717) is 48.4 Å². The van der Waals surface area contributed by atoms with Crippen molar-refractivity contribution in [3.63, 3.8) is 0 Å². The summed E-state index contributed by atoms with van der Waals surface area (Å²) < 4.78 is 48.0. The van der Waals surface area contributed by atoms with Gasteiger partial charge in [0, 0.05) is 62.1 Å². The van der Waals surface area contributed by atoms with Crippen LogP contribution in [0.4, 0.5) is 23.7 Å². The summed E-state index contributed by atoms with van der Waals surface area (Å²) >= 11 is 1.32. The Kier molecular flexibility index (Phi) is 8.77. The topological polar surface area (TPSA) is 128 Å². The average molecular weight is 655 g/mol. The number of anilines is 1.